The van der Waals surface area contributed by atoms with E-state index in [1.54, 1.807) is 24.4 Å². The number of aryl methyl sites for hydroxylation is 1. The molecule has 0 fully saturated rings. The van der Waals surface area contributed by atoms with Crippen LogP contribution in [-0.2, 0) is 0 Å². The molecule has 0 saturated heterocycles. The van der Waals surface area contributed by atoms with E-state index in [-0.39, 0.29) is 5.95 Å². The molecule has 20 heavy (non-hydrogen) atoms. The Kier molecular flexibility index (Phi) is 3.98. The van der Waals surface area contributed by atoms with Gasteiger partial charge in [0.05, 0.1) is 18.7 Å². The molecule has 3 N–H and O–H groups in total. The molecule has 7 nitrogen and oxygen atoms in total. The fraction of sp³-hybridized carbons (Fsp3) is 0.154. The number of nitrogens with two attached hydrogens (primary N) is 1. The van der Waals surface area contributed by atoms with Gasteiger partial charge in [0.25, 0.3) is 0 Å². The van der Waals surface area contributed by atoms with Crippen molar-refractivity contribution >= 4 is 5.95 Å². The first-order valence-corrected chi connectivity index (χ1v) is 5.74. The van der Waals surface area contributed by atoms with Crippen molar-refractivity contribution in [3.63, 3.8) is 0 Å². The van der Waals surface area contributed by atoms with Crippen LogP contribution in [0.25, 0.3) is 0 Å². The lowest BCUT2D eigenvalue weighted by Gasteiger charge is -2.11. The lowest BCUT2D eigenvalue weighted by Crippen LogP contribution is -2.11. The monoisotopic (exact) mass is 271 g/mol. The zero-order valence-corrected chi connectivity index (χ0v) is 11.0. The second-order valence-electron chi connectivity index (χ2n) is 3.91. The summed E-state index contributed by atoms with van der Waals surface area (Å²) in [4.78, 5) is 8.08. The Bertz CT molecular complexity index is 666. The fourth-order valence-electron chi connectivity index (χ4n) is 1.52. The van der Waals surface area contributed by atoms with Gasteiger partial charge < -0.3 is 9.47 Å². The third-order valence-corrected chi connectivity index (χ3v) is 2.55. The average molecular weight is 271 g/mol. The Hall–Kier alpha value is -2.85. The first-order chi connectivity index (χ1) is 9.67. The molecular weight excluding hydrogens is 258 g/mol. The van der Waals surface area contributed by atoms with E-state index < -0.39 is 0 Å². The summed E-state index contributed by atoms with van der Waals surface area (Å²) < 4.78 is 10.9. The molecule has 0 radical (unpaired) electrons. The molecule has 0 atom stereocenters. The fourth-order valence-corrected chi connectivity index (χ4v) is 1.52. The Morgan fingerprint density at radius 2 is 2.15 bits per heavy atom. The number of aromatic nitrogens is 2. The van der Waals surface area contributed by atoms with E-state index in [0.717, 1.165) is 5.56 Å². The Morgan fingerprint density at radius 1 is 1.35 bits per heavy atom. The minimum atomic E-state index is 0.248. The van der Waals surface area contributed by atoms with Crippen molar-refractivity contribution in [2.75, 3.05) is 12.5 Å². The molecule has 0 amide bonds. The molecule has 0 aliphatic rings. The zero-order valence-electron chi connectivity index (χ0n) is 11.0. The van der Waals surface area contributed by atoms with E-state index in [0.29, 0.717) is 22.9 Å². The van der Waals surface area contributed by atoms with Crippen LogP contribution in [-0.4, -0.2) is 17.1 Å². The summed E-state index contributed by atoms with van der Waals surface area (Å²) in [5.41, 5.74) is 3.58. The van der Waals surface area contributed by atoms with Crippen LogP contribution in [0.1, 0.15) is 11.1 Å². The van der Waals surface area contributed by atoms with E-state index in [1.165, 1.54) is 7.11 Å². The highest BCUT2D eigenvalue weighted by atomic mass is 16.5. The number of hydrogen-bond donors (Lipinski definition) is 2. The van der Waals surface area contributed by atoms with E-state index in [4.69, 9.17) is 20.6 Å². The second kappa shape index (κ2) is 5.86. The maximum absolute atomic E-state index is 8.86. The molecule has 0 unspecified atom stereocenters. The molecule has 7 heteroatoms. The van der Waals surface area contributed by atoms with E-state index in [2.05, 4.69) is 15.4 Å². The SMILES string of the molecule is COc1cc(C#N)ccc1Oc1nc(NN)ncc1C. The highest BCUT2D eigenvalue weighted by Gasteiger charge is 2.11. The van der Waals surface area contributed by atoms with Crippen LogP contribution in [0.4, 0.5) is 5.95 Å². The summed E-state index contributed by atoms with van der Waals surface area (Å²) in [5, 5.41) is 8.86. The molecule has 0 spiro atoms. The predicted octanol–water partition coefficient (Wildman–Crippen LogP) is 1.74. The summed E-state index contributed by atoms with van der Waals surface area (Å²) in [7, 11) is 1.50. The van der Waals surface area contributed by atoms with E-state index in [1.807, 2.05) is 13.0 Å². The first-order valence-electron chi connectivity index (χ1n) is 5.74. The van der Waals surface area contributed by atoms with Gasteiger partial charge in [0.2, 0.25) is 11.8 Å². The van der Waals surface area contributed by atoms with E-state index in [9.17, 15) is 0 Å². The van der Waals surface area contributed by atoms with Gasteiger partial charge in [0.15, 0.2) is 11.5 Å². The molecule has 1 aromatic carbocycles. The van der Waals surface area contributed by atoms with Crippen molar-refractivity contribution < 1.29 is 9.47 Å². The molecule has 1 heterocycles. The number of nitrogen functional groups attached to an aromatic ring is 1. The van der Waals surface area contributed by atoms with Gasteiger partial charge in [-0.05, 0) is 19.1 Å². The zero-order chi connectivity index (χ0) is 14.5. The van der Waals surface area contributed by atoms with Gasteiger partial charge in [0, 0.05) is 17.8 Å². The lowest BCUT2D eigenvalue weighted by molar-refractivity contribution is 0.373. The molecule has 0 aliphatic carbocycles. The number of nitrogens with one attached hydrogen (secondary N) is 1. The third-order valence-electron chi connectivity index (χ3n) is 2.55. The van der Waals surface area contributed by atoms with Gasteiger partial charge in [0.1, 0.15) is 0 Å². The Labute approximate surface area is 116 Å². The molecule has 1 aromatic heterocycles. The first kappa shape index (κ1) is 13.6. The smallest absolute Gasteiger partial charge is 0.240 e. The predicted molar refractivity (Wildman–Crippen MR) is 72.4 cm³/mol. The van der Waals surface area contributed by atoms with E-state index >= 15 is 0 Å². The third kappa shape index (κ3) is 2.76. The van der Waals surface area contributed by atoms with Crippen LogP contribution in [0, 0.1) is 18.3 Å². The van der Waals surface area contributed by atoms with Gasteiger partial charge in [-0.15, -0.1) is 0 Å². The Balaban J connectivity index is 2.37. The number of hydrazine groups is 1. The summed E-state index contributed by atoms with van der Waals surface area (Å²) in [6.45, 7) is 1.81. The van der Waals surface area contributed by atoms with Gasteiger partial charge in [-0.2, -0.15) is 10.2 Å². The molecule has 0 aliphatic heterocycles. The van der Waals surface area contributed by atoms with Crippen molar-refractivity contribution in [3.05, 3.63) is 35.5 Å². The molecule has 102 valence electrons. The summed E-state index contributed by atoms with van der Waals surface area (Å²) in [5.74, 6) is 6.77. The summed E-state index contributed by atoms with van der Waals surface area (Å²) in [6.07, 6.45) is 1.59. The minimum Gasteiger partial charge on any atom is -0.493 e. The van der Waals surface area contributed by atoms with Gasteiger partial charge in [-0.3, -0.25) is 5.43 Å². The van der Waals surface area contributed by atoms with Crippen LogP contribution in [0.2, 0.25) is 0 Å². The second-order valence-corrected chi connectivity index (χ2v) is 3.91. The quantitative estimate of drug-likeness (QED) is 0.644. The maximum atomic E-state index is 8.86. The van der Waals surface area contributed by atoms with Crippen LogP contribution in [0.15, 0.2) is 24.4 Å². The molecule has 2 aromatic rings. The Morgan fingerprint density at radius 3 is 2.80 bits per heavy atom. The number of hydrogen-bond acceptors (Lipinski definition) is 7. The van der Waals surface area contributed by atoms with Gasteiger partial charge in [-0.25, -0.2) is 10.8 Å². The standard InChI is InChI=1S/C13H13N5O2/c1-8-7-16-13(18-15)17-12(8)20-10-4-3-9(6-14)5-11(10)19-2/h3-5,7H,15H2,1-2H3,(H,16,17,18). The van der Waals surface area contributed by atoms with Crippen molar-refractivity contribution in [1.29, 1.82) is 5.26 Å². The summed E-state index contributed by atoms with van der Waals surface area (Å²) in [6, 6.07) is 6.91. The number of ether oxygens (including phenoxy) is 2. The van der Waals surface area contributed by atoms with Crippen molar-refractivity contribution in [2.45, 2.75) is 6.92 Å². The number of rotatable bonds is 4. The highest BCUT2D eigenvalue weighted by molar-refractivity contribution is 5.48. The average Bonchev–Trinajstić information content (AvgIpc) is 2.49. The minimum absolute atomic E-state index is 0.248. The van der Waals surface area contributed by atoms with Crippen molar-refractivity contribution in [1.82, 2.24) is 9.97 Å². The topological polar surface area (TPSA) is 106 Å². The van der Waals surface area contributed by atoms with Gasteiger partial charge in [-0.1, -0.05) is 0 Å². The van der Waals surface area contributed by atoms with Crippen LogP contribution < -0.4 is 20.7 Å². The number of nitrogens with zero attached hydrogens (tertiary/aromatic N) is 3. The van der Waals surface area contributed by atoms with Crippen LogP contribution in [0.5, 0.6) is 17.4 Å². The van der Waals surface area contributed by atoms with Crippen LogP contribution >= 0.6 is 0 Å². The van der Waals surface area contributed by atoms with Crippen LogP contribution in [0.3, 0.4) is 0 Å². The van der Waals surface area contributed by atoms with Crippen molar-refractivity contribution in [2.24, 2.45) is 5.84 Å². The number of benzene rings is 1. The number of nitriles is 1. The maximum Gasteiger partial charge on any atom is 0.240 e. The molecular formula is C13H13N5O2. The van der Waals surface area contributed by atoms with Gasteiger partial charge >= 0.3 is 0 Å². The lowest BCUT2D eigenvalue weighted by atomic mass is 10.2. The molecule has 0 saturated carbocycles. The number of anilines is 1. The van der Waals surface area contributed by atoms with Crippen molar-refractivity contribution in [3.8, 4) is 23.4 Å². The largest absolute Gasteiger partial charge is 0.493 e. The summed E-state index contributed by atoms with van der Waals surface area (Å²) >= 11 is 0. The number of methoxy groups -OCH3 is 1. The molecule has 2 rings (SSSR count). The highest BCUT2D eigenvalue weighted by Crippen LogP contribution is 2.32. The molecule has 0 bridgehead atoms. The normalized spacial score (nSPS) is 9.70.